The zero-order chi connectivity index (χ0) is 8.27. The minimum atomic E-state index is -0.218. The third-order valence-corrected chi connectivity index (χ3v) is 2.01. The summed E-state index contributed by atoms with van der Waals surface area (Å²) in [6.45, 7) is 3.57. The molecule has 2 heteroatoms. The SMILES string of the molecule is C=CCc1ccc(Br)c(F)c1. The van der Waals surface area contributed by atoms with E-state index in [1.54, 1.807) is 12.1 Å². The monoisotopic (exact) mass is 214 g/mol. The zero-order valence-corrected chi connectivity index (χ0v) is 7.57. The molecule has 0 aliphatic rings. The molecule has 0 aliphatic heterocycles. The fourth-order valence-electron chi connectivity index (χ4n) is 0.833. The van der Waals surface area contributed by atoms with E-state index >= 15 is 0 Å². The molecule has 0 atom stereocenters. The van der Waals surface area contributed by atoms with Crippen molar-refractivity contribution in [3.63, 3.8) is 0 Å². The lowest BCUT2D eigenvalue weighted by Crippen LogP contribution is -1.83. The predicted molar refractivity (Wildman–Crippen MR) is 48.0 cm³/mol. The molecule has 0 amide bonds. The predicted octanol–water partition coefficient (Wildman–Crippen LogP) is 3.32. The van der Waals surface area contributed by atoms with Crippen LogP contribution in [0.5, 0.6) is 0 Å². The maximum absolute atomic E-state index is 12.8. The van der Waals surface area contributed by atoms with Crippen LogP contribution in [0.4, 0.5) is 4.39 Å². The Kier molecular flexibility index (Phi) is 2.83. The summed E-state index contributed by atoms with van der Waals surface area (Å²) in [6, 6.07) is 5.08. The Labute approximate surface area is 73.9 Å². The second kappa shape index (κ2) is 3.67. The van der Waals surface area contributed by atoms with Crippen molar-refractivity contribution < 1.29 is 4.39 Å². The summed E-state index contributed by atoms with van der Waals surface area (Å²) >= 11 is 3.08. The molecule has 0 radical (unpaired) electrons. The van der Waals surface area contributed by atoms with Crippen LogP contribution in [0.15, 0.2) is 35.3 Å². The van der Waals surface area contributed by atoms with E-state index in [0.717, 1.165) is 5.56 Å². The quantitative estimate of drug-likeness (QED) is 0.664. The molecule has 1 aromatic carbocycles. The van der Waals surface area contributed by atoms with E-state index in [1.807, 2.05) is 6.07 Å². The number of hydrogen-bond acceptors (Lipinski definition) is 0. The van der Waals surface area contributed by atoms with Crippen molar-refractivity contribution in [2.24, 2.45) is 0 Å². The van der Waals surface area contributed by atoms with Gasteiger partial charge in [-0.1, -0.05) is 12.1 Å². The molecular weight excluding hydrogens is 207 g/mol. The van der Waals surface area contributed by atoms with Crippen LogP contribution in [-0.4, -0.2) is 0 Å². The molecule has 0 heterocycles. The lowest BCUT2D eigenvalue weighted by molar-refractivity contribution is 0.619. The maximum Gasteiger partial charge on any atom is 0.137 e. The fourth-order valence-corrected chi connectivity index (χ4v) is 1.08. The Morgan fingerprint density at radius 2 is 2.27 bits per heavy atom. The smallest absolute Gasteiger partial charge is 0.137 e. The number of rotatable bonds is 2. The highest BCUT2D eigenvalue weighted by Crippen LogP contribution is 2.16. The topological polar surface area (TPSA) is 0 Å². The number of hydrogen-bond donors (Lipinski definition) is 0. The highest BCUT2D eigenvalue weighted by atomic mass is 79.9. The summed E-state index contributed by atoms with van der Waals surface area (Å²) in [5.41, 5.74) is 0.945. The van der Waals surface area contributed by atoms with Crippen molar-refractivity contribution >= 4 is 15.9 Å². The van der Waals surface area contributed by atoms with E-state index in [-0.39, 0.29) is 5.82 Å². The molecule has 0 unspecified atom stereocenters. The molecule has 1 rings (SSSR count). The molecule has 11 heavy (non-hydrogen) atoms. The minimum Gasteiger partial charge on any atom is -0.206 e. The van der Waals surface area contributed by atoms with Crippen LogP contribution in [0.25, 0.3) is 0 Å². The van der Waals surface area contributed by atoms with Gasteiger partial charge in [-0.3, -0.25) is 0 Å². The zero-order valence-electron chi connectivity index (χ0n) is 5.98. The van der Waals surface area contributed by atoms with Gasteiger partial charge in [0.1, 0.15) is 5.82 Å². The van der Waals surface area contributed by atoms with E-state index in [2.05, 4.69) is 22.5 Å². The number of halogens is 2. The summed E-state index contributed by atoms with van der Waals surface area (Å²) in [6.07, 6.45) is 2.47. The summed E-state index contributed by atoms with van der Waals surface area (Å²) in [5.74, 6) is -0.218. The third-order valence-electron chi connectivity index (χ3n) is 1.36. The molecule has 0 nitrogen and oxygen atoms in total. The van der Waals surface area contributed by atoms with E-state index in [0.29, 0.717) is 10.9 Å². The first-order valence-electron chi connectivity index (χ1n) is 3.29. The average Bonchev–Trinajstić information content (AvgIpc) is 1.98. The van der Waals surface area contributed by atoms with E-state index in [9.17, 15) is 4.39 Å². The maximum atomic E-state index is 12.8. The molecule has 58 valence electrons. The van der Waals surface area contributed by atoms with Crippen molar-refractivity contribution in [3.05, 3.63) is 46.7 Å². The van der Waals surface area contributed by atoms with Gasteiger partial charge in [-0.25, -0.2) is 4.39 Å². The van der Waals surface area contributed by atoms with E-state index in [4.69, 9.17) is 0 Å². The molecule has 0 spiro atoms. The first-order chi connectivity index (χ1) is 5.24. The molecular formula is C9H8BrF. The molecule has 0 N–H and O–H groups in total. The van der Waals surface area contributed by atoms with Crippen molar-refractivity contribution in [2.45, 2.75) is 6.42 Å². The van der Waals surface area contributed by atoms with Crippen LogP contribution in [-0.2, 0) is 6.42 Å². The van der Waals surface area contributed by atoms with Gasteiger partial charge in [-0.2, -0.15) is 0 Å². The average molecular weight is 215 g/mol. The third kappa shape index (κ3) is 2.15. The molecule has 1 aromatic rings. The molecule has 0 aliphatic carbocycles. The van der Waals surface area contributed by atoms with E-state index in [1.165, 1.54) is 6.07 Å². The number of benzene rings is 1. The normalized spacial score (nSPS) is 9.64. The van der Waals surface area contributed by atoms with Crippen LogP contribution in [0.1, 0.15) is 5.56 Å². The van der Waals surface area contributed by atoms with Crippen LogP contribution in [0.2, 0.25) is 0 Å². The standard InChI is InChI=1S/C9H8BrF/c1-2-3-7-4-5-8(10)9(11)6-7/h2,4-6H,1,3H2. The van der Waals surface area contributed by atoms with Gasteiger partial charge in [-0.05, 0) is 40.0 Å². The van der Waals surface area contributed by atoms with E-state index < -0.39 is 0 Å². The van der Waals surface area contributed by atoms with Crippen molar-refractivity contribution in [2.75, 3.05) is 0 Å². The summed E-state index contributed by atoms with van der Waals surface area (Å²) in [7, 11) is 0. The Bertz CT molecular complexity index is 268. The molecule has 0 fully saturated rings. The first-order valence-corrected chi connectivity index (χ1v) is 4.08. The van der Waals surface area contributed by atoms with Gasteiger partial charge in [0.15, 0.2) is 0 Å². The van der Waals surface area contributed by atoms with Gasteiger partial charge in [0.25, 0.3) is 0 Å². The second-order valence-electron chi connectivity index (χ2n) is 2.24. The van der Waals surface area contributed by atoms with Gasteiger partial charge < -0.3 is 0 Å². The summed E-state index contributed by atoms with van der Waals surface area (Å²) in [5, 5.41) is 0. The molecule has 0 saturated carbocycles. The summed E-state index contributed by atoms with van der Waals surface area (Å²) < 4.78 is 13.3. The van der Waals surface area contributed by atoms with Gasteiger partial charge in [0, 0.05) is 0 Å². The number of allylic oxidation sites excluding steroid dienone is 1. The lowest BCUT2D eigenvalue weighted by atomic mass is 10.1. The van der Waals surface area contributed by atoms with Crippen LogP contribution in [0.3, 0.4) is 0 Å². The van der Waals surface area contributed by atoms with Gasteiger partial charge in [0.05, 0.1) is 4.47 Å². The second-order valence-corrected chi connectivity index (χ2v) is 3.10. The molecule has 0 saturated heterocycles. The highest BCUT2D eigenvalue weighted by molar-refractivity contribution is 9.10. The highest BCUT2D eigenvalue weighted by Gasteiger charge is 1.97. The summed E-state index contributed by atoms with van der Waals surface area (Å²) in [4.78, 5) is 0. The minimum absolute atomic E-state index is 0.218. The lowest BCUT2D eigenvalue weighted by Gasteiger charge is -1.97. The van der Waals surface area contributed by atoms with Crippen LogP contribution < -0.4 is 0 Å². The van der Waals surface area contributed by atoms with Gasteiger partial charge in [-0.15, -0.1) is 6.58 Å². The Balaban J connectivity index is 2.95. The first kappa shape index (κ1) is 8.47. The van der Waals surface area contributed by atoms with Crippen LogP contribution in [0, 0.1) is 5.82 Å². The largest absolute Gasteiger partial charge is 0.206 e. The van der Waals surface area contributed by atoms with Crippen molar-refractivity contribution in [1.82, 2.24) is 0 Å². The van der Waals surface area contributed by atoms with Crippen molar-refractivity contribution in [3.8, 4) is 0 Å². The Morgan fingerprint density at radius 3 is 2.82 bits per heavy atom. The molecule has 0 bridgehead atoms. The van der Waals surface area contributed by atoms with Gasteiger partial charge >= 0.3 is 0 Å². The van der Waals surface area contributed by atoms with Crippen molar-refractivity contribution in [1.29, 1.82) is 0 Å². The van der Waals surface area contributed by atoms with Gasteiger partial charge in [0.2, 0.25) is 0 Å². The Hall–Kier alpha value is -0.630. The Morgan fingerprint density at radius 1 is 1.55 bits per heavy atom. The fraction of sp³-hybridized carbons (Fsp3) is 0.111. The molecule has 0 aromatic heterocycles. The van der Waals surface area contributed by atoms with Crippen LogP contribution >= 0.6 is 15.9 Å².